The zero-order chi connectivity index (χ0) is 5.28. The molecule has 1 aliphatic heterocycles. The third-order valence-corrected chi connectivity index (χ3v) is 0.942. The van der Waals surface area contributed by atoms with E-state index in [0.29, 0.717) is 0 Å². The molecule has 7 heavy (non-hydrogen) atoms. The normalized spacial score (nSPS) is 28.1. The fourth-order valence-corrected chi connectivity index (χ4v) is 0.418. The van der Waals surface area contributed by atoms with Gasteiger partial charge in [0.25, 0.3) is 0 Å². The van der Waals surface area contributed by atoms with Crippen LogP contribution in [0.1, 0.15) is 0 Å². The lowest BCUT2D eigenvalue weighted by molar-refractivity contribution is -0.114. The van der Waals surface area contributed by atoms with E-state index in [9.17, 15) is 4.79 Å². The molecule has 0 bridgehead atoms. The predicted molar refractivity (Wildman–Crippen MR) is 24.6 cm³/mol. The van der Waals surface area contributed by atoms with E-state index in [1.807, 2.05) is 0 Å². The molecule has 0 N–H and O–H groups in total. The predicted octanol–water partition coefficient (Wildman–Crippen LogP) is 0.0553. The second-order valence-corrected chi connectivity index (χ2v) is 1.55. The van der Waals surface area contributed by atoms with E-state index in [-0.39, 0.29) is 5.78 Å². The number of ketones is 1. The molecule has 36 valence electrons. The fourth-order valence-electron chi connectivity index (χ4n) is 0.299. The number of hydrogen-bond donors (Lipinski definition) is 0. The van der Waals surface area contributed by atoms with Crippen molar-refractivity contribution in [3.05, 3.63) is 12.3 Å². The largest absolute Gasteiger partial charge is 0.291 e. The first kappa shape index (κ1) is 4.65. The van der Waals surface area contributed by atoms with Crippen LogP contribution in [0.5, 0.6) is 0 Å². The third-order valence-electron chi connectivity index (χ3n) is 0.629. The van der Waals surface area contributed by atoms with Crippen LogP contribution in [0.25, 0.3) is 0 Å². The summed E-state index contributed by atoms with van der Waals surface area (Å²) in [6.07, 6.45) is 3.57. The maximum atomic E-state index is 10.2. The van der Waals surface area contributed by atoms with Crippen LogP contribution < -0.4 is 5.32 Å². The SMILES string of the molecule is O=C1C=[C][N]C1Cl. The van der Waals surface area contributed by atoms with Gasteiger partial charge in [-0.15, -0.1) is 0 Å². The van der Waals surface area contributed by atoms with Crippen LogP contribution in [-0.4, -0.2) is 11.3 Å². The first-order valence-electron chi connectivity index (χ1n) is 1.77. The molecule has 2 nitrogen and oxygen atoms in total. The Bertz CT molecular complexity index is 121. The molecule has 0 aromatic carbocycles. The average Bonchev–Trinajstić information content (AvgIpc) is 1.91. The minimum absolute atomic E-state index is 0.179. The summed E-state index contributed by atoms with van der Waals surface area (Å²) in [5, 5.41) is 3.43. The summed E-state index contributed by atoms with van der Waals surface area (Å²) in [6.45, 7) is 0. The van der Waals surface area contributed by atoms with Crippen LogP contribution in [0.3, 0.4) is 0 Å². The summed E-state index contributed by atoms with van der Waals surface area (Å²) in [4.78, 5) is 10.2. The Labute approximate surface area is 46.2 Å². The quantitative estimate of drug-likeness (QED) is 0.324. The molecule has 1 aliphatic rings. The van der Waals surface area contributed by atoms with Crippen molar-refractivity contribution >= 4 is 17.4 Å². The molecule has 1 heterocycles. The number of carbonyl (C=O) groups is 1. The van der Waals surface area contributed by atoms with Crippen molar-refractivity contribution in [3.63, 3.8) is 0 Å². The molecular weight excluding hydrogens is 114 g/mol. The van der Waals surface area contributed by atoms with Gasteiger partial charge in [-0.2, -0.15) is 0 Å². The highest BCUT2D eigenvalue weighted by molar-refractivity contribution is 6.33. The molecule has 0 spiro atoms. The van der Waals surface area contributed by atoms with Crippen LogP contribution >= 0.6 is 11.6 Å². The van der Waals surface area contributed by atoms with Gasteiger partial charge in [0.05, 0.1) is 6.20 Å². The van der Waals surface area contributed by atoms with Crippen molar-refractivity contribution in [2.75, 3.05) is 0 Å². The van der Waals surface area contributed by atoms with Gasteiger partial charge in [0.1, 0.15) is 0 Å². The zero-order valence-electron chi connectivity index (χ0n) is 3.39. The number of halogens is 1. The minimum atomic E-state index is -0.694. The van der Waals surface area contributed by atoms with Gasteiger partial charge < -0.3 is 0 Å². The molecule has 3 heteroatoms. The van der Waals surface area contributed by atoms with Gasteiger partial charge in [0.2, 0.25) is 0 Å². The van der Waals surface area contributed by atoms with Crippen molar-refractivity contribution in [1.82, 2.24) is 5.32 Å². The fraction of sp³-hybridized carbons (Fsp3) is 0.250. The lowest BCUT2D eigenvalue weighted by atomic mass is 10.4. The Morgan fingerprint density at radius 1 is 2.00 bits per heavy atom. The van der Waals surface area contributed by atoms with E-state index in [0.717, 1.165) is 0 Å². The van der Waals surface area contributed by atoms with E-state index in [4.69, 9.17) is 11.6 Å². The highest BCUT2D eigenvalue weighted by atomic mass is 35.5. The maximum Gasteiger partial charge on any atom is 0.197 e. The summed E-state index contributed by atoms with van der Waals surface area (Å²) >= 11 is 5.25. The zero-order valence-corrected chi connectivity index (χ0v) is 4.14. The van der Waals surface area contributed by atoms with Crippen LogP contribution in [0.4, 0.5) is 0 Å². The summed E-state index contributed by atoms with van der Waals surface area (Å²) in [5.74, 6) is -0.179. The van der Waals surface area contributed by atoms with Gasteiger partial charge in [0.15, 0.2) is 11.3 Å². The van der Waals surface area contributed by atoms with E-state index >= 15 is 0 Å². The van der Waals surface area contributed by atoms with Crippen molar-refractivity contribution < 1.29 is 4.79 Å². The van der Waals surface area contributed by atoms with Crippen molar-refractivity contribution in [2.24, 2.45) is 0 Å². The molecule has 0 aromatic heterocycles. The van der Waals surface area contributed by atoms with Gasteiger partial charge in [-0.3, -0.25) is 10.1 Å². The van der Waals surface area contributed by atoms with E-state index in [1.165, 1.54) is 6.08 Å². The van der Waals surface area contributed by atoms with Crippen LogP contribution in [0.2, 0.25) is 0 Å². The first-order chi connectivity index (χ1) is 3.30. The molecule has 1 unspecified atom stereocenters. The topological polar surface area (TPSA) is 31.2 Å². The molecule has 0 aliphatic carbocycles. The summed E-state index contributed by atoms with van der Waals surface area (Å²) in [6, 6.07) is 0. The maximum absolute atomic E-state index is 10.2. The second-order valence-electron chi connectivity index (χ2n) is 1.14. The molecule has 0 saturated heterocycles. The first-order valence-corrected chi connectivity index (χ1v) is 2.21. The Morgan fingerprint density at radius 3 is 2.86 bits per heavy atom. The lowest BCUT2D eigenvalue weighted by Crippen LogP contribution is -2.12. The standard InChI is InChI=1S/C4H2ClNO/c5-4-3(7)1-2-6-4/h1,4H. The number of alkyl halides is 1. The number of nitrogens with zero attached hydrogens (tertiary/aromatic N) is 1. The Kier molecular flexibility index (Phi) is 1.02. The smallest absolute Gasteiger partial charge is 0.197 e. The third kappa shape index (κ3) is 0.747. The molecule has 0 fully saturated rings. The molecule has 0 saturated carbocycles. The minimum Gasteiger partial charge on any atom is -0.291 e. The molecule has 1 atom stereocenters. The van der Waals surface area contributed by atoms with Gasteiger partial charge in [-0.25, -0.2) is 0 Å². The highest BCUT2D eigenvalue weighted by Crippen LogP contribution is 2.00. The molecular formula is C4H2ClNO. The van der Waals surface area contributed by atoms with E-state index in [1.54, 1.807) is 0 Å². The van der Waals surface area contributed by atoms with Gasteiger partial charge >= 0.3 is 0 Å². The summed E-state index contributed by atoms with van der Waals surface area (Å²) < 4.78 is 0. The Balaban J connectivity index is 2.62. The lowest BCUT2D eigenvalue weighted by Gasteiger charge is -1.89. The second kappa shape index (κ2) is 1.54. The Hall–Kier alpha value is -0.500. The van der Waals surface area contributed by atoms with E-state index in [2.05, 4.69) is 11.5 Å². The molecule has 0 amide bonds. The van der Waals surface area contributed by atoms with Gasteiger partial charge in [-0.05, 0) is 0 Å². The molecule has 0 aromatic rings. The summed E-state index contributed by atoms with van der Waals surface area (Å²) in [7, 11) is 0. The number of hydrogen-bond acceptors (Lipinski definition) is 1. The van der Waals surface area contributed by atoms with Crippen LogP contribution in [0.15, 0.2) is 6.08 Å². The van der Waals surface area contributed by atoms with E-state index < -0.39 is 5.50 Å². The monoisotopic (exact) mass is 115 g/mol. The summed E-state index contributed by atoms with van der Waals surface area (Å²) in [5.41, 5.74) is -0.694. The van der Waals surface area contributed by atoms with Crippen molar-refractivity contribution in [1.29, 1.82) is 0 Å². The Morgan fingerprint density at radius 2 is 2.71 bits per heavy atom. The van der Waals surface area contributed by atoms with Crippen LogP contribution in [-0.2, 0) is 4.79 Å². The highest BCUT2D eigenvalue weighted by Gasteiger charge is 2.16. The molecule has 2 radical (unpaired) electrons. The number of rotatable bonds is 0. The molecule has 1 rings (SSSR count). The van der Waals surface area contributed by atoms with Gasteiger partial charge in [-0.1, -0.05) is 11.6 Å². The van der Waals surface area contributed by atoms with Gasteiger partial charge in [0, 0.05) is 6.08 Å². The average molecular weight is 116 g/mol. The van der Waals surface area contributed by atoms with Crippen LogP contribution in [0, 0.1) is 6.20 Å². The van der Waals surface area contributed by atoms with Crippen molar-refractivity contribution in [3.8, 4) is 0 Å². The van der Waals surface area contributed by atoms with Crippen molar-refractivity contribution in [2.45, 2.75) is 5.50 Å². The number of carbonyl (C=O) groups excluding carboxylic acids is 1.